The average molecular weight is 502 g/mol. The number of halogens is 3. The molecule has 2 fully saturated rings. The first-order valence-electron chi connectivity index (χ1n) is 12.6. The molecule has 8 heteroatoms. The molecule has 1 atom stereocenters. The maximum absolute atomic E-state index is 13.4. The molecule has 0 radical (unpaired) electrons. The molecule has 2 saturated heterocycles. The van der Waals surface area contributed by atoms with Gasteiger partial charge in [-0.1, -0.05) is 12.1 Å². The van der Waals surface area contributed by atoms with Gasteiger partial charge in [0.2, 0.25) is 0 Å². The van der Waals surface area contributed by atoms with Crippen molar-refractivity contribution in [2.75, 3.05) is 39.8 Å². The largest absolute Gasteiger partial charge is 0.497 e. The van der Waals surface area contributed by atoms with Crippen LogP contribution in [0.1, 0.15) is 47.5 Å². The van der Waals surface area contributed by atoms with Gasteiger partial charge < -0.3 is 20.3 Å². The molecule has 0 bridgehead atoms. The molecule has 2 aliphatic rings. The number of nitrogens with two attached hydrogens (primary N) is 1. The van der Waals surface area contributed by atoms with E-state index in [0.29, 0.717) is 11.8 Å². The molecule has 2 aromatic rings. The molecule has 0 spiro atoms. The molecule has 0 aliphatic carbocycles. The molecule has 4 rings (SSSR count). The highest BCUT2D eigenvalue weighted by Crippen LogP contribution is 2.30. The number of rotatable bonds is 8. The summed E-state index contributed by atoms with van der Waals surface area (Å²) < 4.78 is 45.1. The van der Waals surface area contributed by atoms with Gasteiger partial charge in [0, 0.05) is 43.5 Å². The number of ketones is 1. The van der Waals surface area contributed by atoms with Crippen LogP contribution in [0.2, 0.25) is 0 Å². The lowest BCUT2D eigenvalue weighted by molar-refractivity contribution is 0.104. The molecule has 5 nitrogen and oxygen atoms in total. The lowest BCUT2D eigenvalue weighted by atomic mass is 9.87. The summed E-state index contributed by atoms with van der Waals surface area (Å²) in [5.74, 6) is -3.01. The summed E-state index contributed by atoms with van der Waals surface area (Å²) in [6, 6.07) is 9.91. The highest BCUT2D eigenvalue weighted by molar-refractivity contribution is 6.04. The van der Waals surface area contributed by atoms with Crippen molar-refractivity contribution < 1.29 is 22.7 Å². The summed E-state index contributed by atoms with van der Waals surface area (Å²) in [5, 5.41) is 0. The molecule has 2 aromatic carbocycles. The number of hydrogen-bond donors (Lipinski definition) is 1. The van der Waals surface area contributed by atoms with Crippen LogP contribution in [0, 0.1) is 23.4 Å². The van der Waals surface area contributed by atoms with E-state index in [2.05, 4.69) is 17.0 Å². The fourth-order valence-corrected chi connectivity index (χ4v) is 5.24. The minimum atomic E-state index is -1.57. The van der Waals surface area contributed by atoms with Crippen molar-refractivity contribution in [3.63, 3.8) is 0 Å². The predicted molar refractivity (Wildman–Crippen MR) is 133 cm³/mol. The Balaban J connectivity index is 1.20. The first-order chi connectivity index (χ1) is 17.3. The number of methoxy groups -OCH3 is 1. The van der Waals surface area contributed by atoms with Gasteiger partial charge in [0.1, 0.15) is 5.75 Å². The Morgan fingerprint density at radius 2 is 1.64 bits per heavy atom. The predicted octanol–water partition coefficient (Wildman–Crippen LogP) is 4.73. The number of carbonyl (C=O) groups excluding carboxylic acids is 1. The maximum atomic E-state index is 13.4. The highest BCUT2D eigenvalue weighted by atomic mass is 19.2. The third kappa shape index (κ3) is 6.48. The Bertz CT molecular complexity index is 1040. The van der Waals surface area contributed by atoms with Crippen LogP contribution in [-0.2, 0) is 0 Å². The van der Waals surface area contributed by atoms with E-state index in [4.69, 9.17) is 10.5 Å². The van der Waals surface area contributed by atoms with Gasteiger partial charge in [0.25, 0.3) is 0 Å². The highest BCUT2D eigenvalue weighted by Gasteiger charge is 2.27. The quantitative estimate of drug-likeness (QED) is 0.322. The number of allylic oxidation sites excluding steroid dienone is 1. The molecule has 194 valence electrons. The standard InChI is InChI=1S/C28H34F3N3O2/c1-36-23-4-2-19(3-5-23)20-6-13-34(14-7-20)18-26(32)21-8-11-33(12-9-21)15-10-27(35)22-16-24(29)28(31)25(30)17-22/h2-5,10,15-17,20-21,26H,6-9,11-14,18,32H2,1H3. The van der Waals surface area contributed by atoms with Crippen molar-refractivity contribution in [2.24, 2.45) is 11.7 Å². The number of carbonyl (C=O) groups is 1. The van der Waals surface area contributed by atoms with Crippen LogP contribution in [0.3, 0.4) is 0 Å². The zero-order chi connectivity index (χ0) is 25.7. The second kappa shape index (κ2) is 11.9. The normalized spacial score (nSPS) is 19.1. The first kappa shape index (κ1) is 26.2. The molecular formula is C28H34F3N3O2. The first-order valence-corrected chi connectivity index (χ1v) is 12.6. The monoisotopic (exact) mass is 501 g/mol. The van der Waals surface area contributed by atoms with Gasteiger partial charge in [-0.05, 0) is 80.4 Å². The third-order valence-corrected chi connectivity index (χ3v) is 7.53. The van der Waals surface area contributed by atoms with Crippen molar-refractivity contribution >= 4 is 5.78 Å². The summed E-state index contributed by atoms with van der Waals surface area (Å²) in [5.41, 5.74) is 7.75. The summed E-state index contributed by atoms with van der Waals surface area (Å²) in [4.78, 5) is 16.7. The molecule has 2 heterocycles. The van der Waals surface area contributed by atoms with Gasteiger partial charge in [0.05, 0.1) is 7.11 Å². The Kier molecular flexibility index (Phi) is 8.69. The number of likely N-dealkylation sites (tertiary alicyclic amines) is 2. The molecule has 0 amide bonds. The Hall–Kier alpha value is -2.84. The fourth-order valence-electron chi connectivity index (χ4n) is 5.24. The second-order valence-electron chi connectivity index (χ2n) is 9.82. The third-order valence-electron chi connectivity index (χ3n) is 7.53. The van der Waals surface area contributed by atoms with Crippen LogP contribution in [-0.4, -0.2) is 61.5 Å². The summed E-state index contributed by atoms with van der Waals surface area (Å²) in [6.07, 6.45) is 7.01. The zero-order valence-electron chi connectivity index (χ0n) is 20.6. The van der Waals surface area contributed by atoms with E-state index >= 15 is 0 Å². The number of benzene rings is 2. The minimum absolute atomic E-state index is 0.0977. The molecule has 36 heavy (non-hydrogen) atoms. The van der Waals surface area contributed by atoms with E-state index in [0.717, 1.165) is 76.3 Å². The lowest BCUT2D eigenvalue weighted by Crippen LogP contribution is -2.47. The van der Waals surface area contributed by atoms with Crippen LogP contribution < -0.4 is 10.5 Å². The molecule has 2 N–H and O–H groups in total. The van der Waals surface area contributed by atoms with Crippen molar-refractivity contribution in [3.8, 4) is 5.75 Å². The Morgan fingerprint density at radius 1 is 1.03 bits per heavy atom. The van der Waals surface area contributed by atoms with Crippen molar-refractivity contribution in [1.29, 1.82) is 0 Å². The van der Waals surface area contributed by atoms with Crippen LogP contribution in [0.5, 0.6) is 5.75 Å². The average Bonchev–Trinajstić information content (AvgIpc) is 2.90. The van der Waals surface area contributed by atoms with Crippen molar-refractivity contribution in [2.45, 2.75) is 37.6 Å². The van der Waals surface area contributed by atoms with E-state index in [-0.39, 0.29) is 11.6 Å². The van der Waals surface area contributed by atoms with Gasteiger partial charge in [0.15, 0.2) is 23.2 Å². The summed E-state index contributed by atoms with van der Waals surface area (Å²) in [6.45, 7) is 4.48. The SMILES string of the molecule is COc1ccc(C2CCN(CC(N)C3CCN(C=CC(=O)c4cc(F)c(F)c(F)c4)CC3)CC2)cc1. The zero-order valence-corrected chi connectivity index (χ0v) is 20.6. The lowest BCUT2D eigenvalue weighted by Gasteiger charge is -2.38. The summed E-state index contributed by atoms with van der Waals surface area (Å²) in [7, 11) is 1.68. The van der Waals surface area contributed by atoms with Crippen LogP contribution in [0.4, 0.5) is 13.2 Å². The van der Waals surface area contributed by atoms with Crippen molar-refractivity contribution in [3.05, 3.63) is 77.3 Å². The fraction of sp³-hybridized carbons (Fsp3) is 0.464. The maximum Gasteiger partial charge on any atom is 0.194 e. The van der Waals surface area contributed by atoms with Gasteiger partial charge in [-0.3, -0.25) is 4.79 Å². The molecular weight excluding hydrogens is 467 g/mol. The van der Waals surface area contributed by atoms with Gasteiger partial charge in [-0.2, -0.15) is 0 Å². The van der Waals surface area contributed by atoms with Gasteiger partial charge in [-0.15, -0.1) is 0 Å². The van der Waals surface area contributed by atoms with Gasteiger partial charge in [-0.25, -0.2) is 13.2 Å². The molecule has 1 unspecified atom stereocenters. The van der Waals surface area contributed by atoms with Crippen molar-refractivity contribution in [1.82, 2.24) is 9.80 Å². The Labute approximate surface area is 210 Å². The Morgan fingerprint density at radius 3 is 2.22 bits per heavy atom. The van der Waals surface area contributed by atoms with E-state index in [9.17, 15) is 18.0 Å². The minimum Gasteiger partial charge on any atom is -0.497 e. The summed E-state index contributed by atoms with van der Waals surface area (Å²) >= 11 is 0. The second-order valence-corrected chi connectivity index (χ2v) is 9.82. The number of piperidine rings is 2. The van der Waals surface area contributed by atoms with Crippen LogP contribution in [0.15, 0.2) is 48.7 Å². The van der Waals surface area contributed by atoms with Crippen LogP contribution in [0.25, 0.3) is 0 Å². The smallest absolute Gasteiger partial charge is 0.194 e. The van der Waals surface area contributed by atoms with Crippen LogP contribution >= 0.6 is 0 Å². The topological polar surface area (TPSA) is 58.8 Å². The number of hydrogen-bond acceptors (Lipinski definition) is 5. The molecule has 0 saturated carbocycles. The van der Waals surface area contributed by atoms with E-state index in [1.807, 2.05) is 17.0 Å². The molecule has 0 aromatic heterocycles. The van der Waals surface area contributed by atoms with E-state index in [1.165, 1.54) is 11.6 Å². The number of nitrogens with zero attached hydrogens (tertiary/aromatic N) is 2. The van der Waals surface area contributed by atoms with E-state index < -0.39 is 23.2 Å². The van der Waals surface area contributed by atoms with E-state index in [1.54, 1.807) is 13.3 Å². The van der Waals surface area contributed by atoms with Gasteiger partial charge >= 0.3 is 0 Å². The number of ether oxygens (including phenoxy) is 1. The molecule has 2 aliphatic heterocycles.